The molecule has 0 bridgehead atoms. The first-order valence-corrected chi connectivity index (χ1v) is 15.5. The molecule has 0 aliphatic carbocycles. The minimum atomic E-state index is 0.147. The molecule has 0 aromatic carbocycles. The van der Waals surface area contributed by atoms with Crippen molar-refractivity contribution < 1.29 is 0 Å². The first-order chi connectivity index (χ1) is 22.2. The number of aromatic nitrogens is 7. The first kappa shape index (κ1) is 31.8. The van der Waals surface area contributed by atoms with Crippen LogP contribution in [0.25, 0.3) is 0 Å². The van der Waals surface area contributed by atoms with Gasteiger partial charge in [0.15, 0.2) is 0 Å². The molecule has 0 saturated heterocycles. The van der Waals surface area contributed by atoms with Crippen LogP contribution in [-0.4, -0.2) is 70.9 Å². The van der Waals surface area contributed by atoms with Gasteiger partial charge in [0.2, 0.25) is 17.2 Å². The summed E-state index contributed by atoms with van der Waals surface area (Å²) in [6.45, 7) is 6.01. The minimum Gasteiger partial charge on any atom is -0.354 e. The second-order valence-corrected chi connectivity index (χ2v) is 10.9. The van der Waals surface area contributed by atoms with E-state index in [2.05, 4.69) is 55.3 Å². The highest BCUT2D eigenvalue weighted by Gasteiger charge is 2.11. The van der Waals surface area contributed by atoms with Gasteiger partial charge in [-0.3, -0.25) is 29.7 Å². The van der Waals surface area contributed by atoms with Crippen LogP contribution in [0.5, 0.6) is 0 Å². The van der Waals surface area contributed by atoms with E-state index in [0.717, 1.165) is 74.9 Å². The zero-order valence-electron chi connectivity index (χ0n) is 25.2. The summed E-state index contributed by atoms with van der Waals surface area (Å²) in [5, 5.41) is 6.76. The van der Waals surface area contributed by atoms with Gasteiger partial charge in [-0.2, -0.15) is 15.0 Å². The van der Waals surface area contributed by atoms with Gasteiger partial charge in [-0.05, 0) is 73.0 Å². The van der Waals surface area contributed by atoms with Crippen molar-refractivity contribution in [2.24, 2.45) is 0 Å². The lowest BCUT2D eigenvalue weighted by atomic mass is 10.2. The Labute approximate surface area is 269 Å². The second-order valence-electron chi connectivity index (χ2n) is 10.5. The molecule has 5 rings (SSSR count). The van der Waals surface area contributed by atoms with Crippen LogP contribution in [0.4, 0.5) is 11.9 Å². The Bertz CT molecular complexity index is 1330. The van der Waals surface area contributed by atoms with Crippen LogP contribution in [-0.2, 0) is 26.2 Å². The molecule has 0 radical (unpaired) electrons. The van der Waals surface area contributed by atoms with Crippen molar-refractivity contribution in [3.8, 4) is 0 Å². The van der Waals surface area contributed by atoms with E-state index >= 15 is 0 Å². The summed E-state index contributed by atoms with van der Waals surface area (Å²) < 4.78 is 0. The standard InChI is InChI=1S/C33H38ClN11/c34-31-41-32(39-19-9-21-44(23-27-11-1-5-15-35-27)24-28-12-2-6-16-36-28)43-33(42-31)40-20-10-22-45(25-29-13-3-7-17-37-29)26-30-14-4-8-18-38-30/h1-8,11-18H,9-10,19-26H2,(H2,39,40,41,42,43). The number of hydrogen-bond donors (Lipinski definition) is 2. The Morgan fingerprint density at radius 2 is 0.844 bits per heavy atom. The molecular formula is C33H38ClN11. The molecular weight excluding hydrogens is 586 g/mol. The van der Waals surface area contributed by atoms with Crippen molar-refractivity contribution in [2.45, 2.75) is 39.0 Å². The zero-order chi connectivity index (χ0) is 30.9. The van der Waals surface area contributed by atoms with Crippen LogP contribution in [0, 0.1) is 0 Å². The van der Waals surface area contributed by atoms with Gasteiger partial charge in [-0.25, -0.2) is 0 Å². The van der Waals surface area contributed by atoms with Crippen molar-refractivity contribution in [3.05, 3.63) is 126 Å². The van der Waals surface area contributed by atoms with Gasteiger partial charge < -0.3 is 10.6 Å². The number of hydrogen-bond acceptors (Lipinski definition) is 11. The van der Waals surface area contributed by atoms with Crippen molar-refractivity contribution in [1.29, 1.82) is 0 Å². The van der Waals surface area contributed by atoms with Crippen molar-refractivity contribution in [3.63, 3.8) is 0 Å². The van der Waals surface area contributed by atoms with Crippen LogP contribution < -0.4 is 10.6 Å². The maximum atomic E-state index is 6.25. The normalized spacial score (nSPS) is 11.2. The highest BCUT2D eigenvalue weighted by Crippen LogP contribution is 2.12. The van der Waals surface area contributed by atoms with E-state index in [9.17, 15) is 0 Å². The summed E-state index contributed by atoms with van der Waals surface area (Å²) in [5.74, 6) is 0.899. The molecule has 0 unspecified atom stereocenters. The molecule has 0 saturated carbocycles. The number of rotatable bonds is 18. The third kappa shape index (κ3) is 11.5. The third-order valence-corrected chi connectivity index (χ3v) is 7.09. The predicted octanol–water partition coefficient (Wildman–Crippen LogP) is 5.11. The fourth-order valence-corrected chi connectivity index (χ4v) is 4.99. The second kappa shape index (κ2) is 17.6. The SMILES string of the molecule is Clc1nc(NCCCN(Cc2ccccn2)Cc2ccccn2)nc(NCCCN(Cc2ccccn2)Cc2ccccn2)n1. The molecule has 11 nitrogen and oxygen atoms in total. The van der Waals surface area contributed by atoms with Gasteiger partial charge in [0.1, 0.15) is 0 Å². The van der Waals surface area contributed by atoms with E-state index in [1.165, 1.54) is 0 Å². The van der Waals surface area contributed by atoms with Crippen molar-refractivity contribution >= 4 is 23.5 Å². The van der Waals surface area contributed by atoms with Crippen LogP contribution in [0.3, 0.4) is 0 Å². The van der Waals surface area contributed by atoms with Gasteiger partial charge in [-0.1, -0.05) is 24.3 Å². The molecule has 232 valence electrons. The lowest BCUT2D eigenvalue weighted by Crippen LogP contribution is -2.26. The smallest absolute Gasteiger partial charge is 0.228 e. The largest absolute Gasteiger partial charge is 0.354 e. The summed E-state index contributed by atoms with van der Waals surface area (Å²) in [4.78, 5) is 35.8. The Morgan fingerprint density at radius 3 is 1.16 bits per heavy atom. The van der Waals surface area contributed by atoms with Gasteiger partial charge >= 0.3 is 0 Å². The van der Waals surface area contributed by atoms with Crippen LogP contribution in [0.1, 0.15) is 35.6 Å². The topological polar surface area (TPSA) is 121 Å². The van der Waals surface area contributed by atoms with E-state index in [1.54, 1.807) is 0 Å². The van der Waals surface area contributed by atoms with E-state index in [0.29, 0.717) is 25.0 Å². The summed E-state index contributed by atoms with van der Waals surface area (Å²) in [6, 6.07) is 24.0. The molecule has 0 fully saturated rings. The lowest BCUT2D eigenvalue weighted by Gasteiger charge is -2.22. The maximum absolute atomic E-state index is 6.25. The van der Waals surface area contributed by atoms with Gasteiger partial charge in [0.05, 0.1) is 22.8 Å². The maximum Gasteiger partial charge on any atom is 0.228 e. The zero-order valence-corrected chi connectivity index (χ0v) is 26.0. The molecule has 0 aliphatic rings. The first-order valence-electron chi connectivity index (χ1n) is 15.1. The fraction of sp³-hybridized carbons (Fsp3) is 0.303. The van der Waals surface area contributed by atoms with Crippen LogP contribution in [0.2, 0.25) is 5.28 Å². The summed E-state index contributed by atoms with van der Waals surface area (Å²) in [7, 11) is 0. The van der Waals surface area contributed by atoms with Crippen molar-refractivity contribution in [1.82, 2.24) is 44.7 Å². The Balaban J connectivity index is 1.09. The van der Waals surface area contributed by atoms with Gasteiger partial charge in [0, 0.05) is 77.1 Å². The number of nitrogens with zero attached hydrogens (tertiary/aromatic N) is 9. The van der Waals surface area contributed by atoms with E-state index in [-0.39, 0.29) is 5.28 Å². The molecule has 5 aromatic heterocycles. The molecule has 5 aromatic rings. The summed E-state index contributed by atoms with van der Waals surface area (Å²) >= 11 is 6.25. The average molecular weight is 624 g/mol. The number of nitrogens with one attached hydrogen (secondary N) is 2. The molecule has 45 heavy (non-hydrogen) atoms. The molecule has 0 atom stereocenters. The van der Waals surface area contributed by atoms with Crippen LogP contribution >= 0.6 is 11.6 Å². The fourth-order valence-electron chi connectivity index (χ4n) is 4.82. The molecule has 2 N–H and O–H groups in total. The molecule has 0 amide bonds. The number of halogens is 1. The Hall–Kier alpha value is -4.58. The predicted molar refractivity (Wildman–Crippen MR) is 176 cm³/mol. The van der Waals surface area contributed by atoms with Gasteiger partial charge in [0.25, 0.3) is 0 Å². The monoisotopic (exact) mass is 623 g/mol. The number of anilines is 2. The average Bonchev–Trinajstić information content (AvgIpc) is 3.07. The lowest BCUT2D eigenvalue weighted by molar-refractivity contribution is 0.250. The quantitative estimate of drug-likeness (QED) is 0.127. The number of pyridine rings is 4. The van der Waals surface area contributed by atoms with E-state index in [4.69, 9.17) is 11.6 Å². The Morgan fingerprint density at radius 1 is 0.489 bits per heavy atom. The highest BCUT2D eigenvalue weighted by atomic mass is 35.5. The van der Waals surface area contributed by atoms with E-state index in [1.807, 2.05) is 97.6 Å². The van der Waals surface area contributed by atoms with Crippen molar-refractivity contribution in [2.75, 3.05) is 36.8 Å². The molecule has 12 heteroatoms. The third-order valence-electron chi connectivity index (χ3n) is 6.92. The summed E-state index contributed by atoms with van der Waals surface area (Å²) in [6.07, 6.45) is 9.04. The van der Waals surface area contributed by atoms with E-state index < -0.39 is 0 Å². The molecule has 5 heterocycles. The van der Waals surface area contributed by atoms with Gasteiger partial charge in [-0.15, -0.1) is 0 Å². The Kier molecular flexibility index (Phi) is 12.5. The van der Waals surface area contributed by atoms with Crippen LogP contribution in [0.15, 0.2) is 97.6 Å². The highest BCUT2D eigenvalue weighted by molar-refractivity contribution is 6.28. The minimum absolute atomic E-state index is 0.147. The molecule has 0 aliphatic heterocycles. The summed E-state index contributed by atoms with van der Waals surface area (Å²) in [5.41, 5.74) is 4.10. The molecule has 0 spiro atoms.